The van der Waals surface area contributed by atoms with E-state index in [0.717, 1.165) is 36.4 Å². The predicted molar refractivity (Wildman–Crippen MR) is 82.7 cm³/mol. The van der Waals surface area contributed by atoms with Crippen molar-refractivity contribution in [1.82, 2.24) is 0 Å². The highest BCUT2D eigenvalue weighted by Gasteiger charge is 2.19. The summed E-state index contributed by atoms with van der Waals surface area (Å²) >= 11 is 0. The van der Waals surface area contributed by atoms with Crippen molar-refractivity contribution in [2.45, 2.75) is 11.8 Å². The average molecular weight is 340 g/mol. The quantitative estimate of drug-likeness (QED) is 0.931. The van der Waals surface area contributed by atoms with E-state index in [0.29, 0.717) is 0 Å². The molecule has 5 nitrogen and oxygen atoms in total. The maximum atomic E-state index is 13.5. The molecule has 122 valence electrons. The van der Waals surface area contributed by atoms with Gasteiger partial charge < -0.3 is 4.90 Å². The van der Waals surface area contributed by atoms with Gasteiger partial charge in [-0.2, -0.15) is 0 Å². The zero-order valence-corrected chi connectivity index (χ0v) is 13.2. The van der Waals surface area contributed by atoms with E-state index in [2.05, 4.69) is 4.72 Å². The molecule has 23 heavy (non-hydrogen) atoms. The van der Waals surface area contributed by atoms with Crippen LogP contribution in [0.1, 0.15) is 6.92 Å². The lowest BCUT2D eigenvalue weighted by molar-refractivity contribution is -0.116. The van der Waals surface area contributed by atoms with Gasteiger partial charge in [0.25, 0.3) is 10.0 Å². The highest BCUT2D eigenvalue weighted by Crippen LogP contribution is 2.28. The molecule has 0 aliphatic heterocycles. The van der Waals surface area contributed by atoms with Crippen LogP contribution in [0.25, 0.3) is 0 Å². The van der Waals surface area contributed by atoms with E-state index in [1.807, 2.05) is 0 Å². The number of sulfonamides is 1. The number of halogens is 2. The molecule has 0 bridgehead atoms. The van der Waals surface area contributed by atoms with Gasteiger partial charge in [-0.05, 0) is 36.4 Å². The Morgan fingerprint density at radius 2 is 1.61 bits per heavy atom. The zero-order chi connectivity index (χ0) is 17.2. The molecular formula is C15H14F2N2O3S. The molecule has 0 fully saturated rings. The average Bonchev–Trinajstić information content (AvgIpc) is 2.46. The number of carbonyl (C=O) groups excluding carboxylic acids is 1. The van der Waals surface area contributed by atoms with Gasteiger partial charge >= 0.3 is 0 Å². The third kappa shape index (κ3) is 3.84. The molecule has 0 aromatic heterocycles. The van der Waals surface area contributed by atoms with Gasteiger partial charge in [-0.15, -0.1) is 0 Å². The standard InChI is InChI=1S/C15H14F2N2O3S/c1-10(20)19(2)15-8-5-12(17)9-14(15)18-23(21,22)13-6-3-11(16)4-7-13/h3-9,18H,1-2H3. The van der Waals surface area contributed by atoms with E-state index in [9.17, 15) is 22.0 Å². The minimum absolute atomic E-state index is 0.0907. The largest absolute Gasteiger partial charge is 0.314 e. The molecule has 2 aromatic carbocycles. The van der Waals surface area contributed by atoms with Crippen LogP contribution in [0.4, 0.5) is 20.2 Å². The molecule has 1 N–H and O–H groups in total. The van der Waals surface area contributed by atoms with Crippen molar-refractivity contribution in [3.05, 3.63) is 54.1 Å². The van der Waals surface area contributed by atoms with Gasteiger partial charge in [-0.1, -0.05) is 0 Å². The second-order valence-electron chi connectivity index (χ2n) is 4.80. The van der Waals surface area contributed by atoms with Crippen LogP contribution in [0, 0.1) is 11.6 Å². The van der Waals surface area contributed by atoms with E-state index in [4.69, 9.17) is 0 Å². The van der Waals surface area contributed by atoms with Crippen molar-refractivity contribution in [2.24, 2.45) is 0 Å². The molecule has 1 amide bonds. The molecule has 0 spiro atoms. The van der Waals surface area contributed by atoms with Gasteiger partial charge in [0.05, 0.1) is 16.3 Å². The van der Waals surface area contributed by atoms with Gasteiger partial charge in [0.2, 0.25) is 5.91 Å². The Hall–Kier alpha value is -2.48. The first-order valence-corrected chi connectivity index (χ1v) is 8.01. The summed E-state index contributed by atoms with van der Waals surface area (Å²) in [5.41, 5.74) is 0.108. The molecule has 2 rings (SSSR count). The number of rotatable bonds is 4. The van der Waals surface area contributed by atoms with E-state index in [-0.39, 0.29) is 22.2 Å². The molecule has 8 heteroatoms. The second kappa shape index (κ2) is 6.33. The van der Waals surface area contributed by atoms with E-state index in [1.165, 1.54) is 24.9 Å². The number of benzene rings is 2. The molecular weight excluding hydrogens is 326 g/mol. The molecule has 0 atom stereocenters. The summed E-state index contributed by atoms with van der Waals surface area (Å²) in [7, 11) is -2.61. The topological polar surface area (TPSA) is 66.5 Å². The first-order chi connectivity index (χ1) is 10.7. The Morgan fingerprint density at radius 3 is 2.17 bits per heavy atom. The van der Waals surface area contributed by atoms with E-state index < -0.39 is 21.7 Å². The highest BCUT2D eigenvalue weighted by atomic mass is 32.2. The lowest BCUT2D eigenvalue weighted by Gasteiger charge is -2.20. The number of carbonyl (C=O) groups is 1. The van der Waals surface area contributed by atoms with E-state index in [1.54, 1.807) is 0 Å². The van der Waals surface area contributed by atoms with Crippen molar-refractivity contribution in [3.63, 3.8) is 0 Å². The number of hydrogen-bond acceptors (Lipinski definition) is 3. The summed E-state index contributed by atoms with van der Waals surface area (Å²) in [5, 5.41) is 0. The maximum absolute atomic E-state index is 13.5. The minimum atomic E-state index is -4.05. The highest BCUT2D eigenvalue weighted by molar-refractivity contribution is 7.92. The molecule has 0 heterocycles. The monoisotopic (exact) mass is 340 g/mol. The summed E-state index contributed by atoms with van der Waals surface area (Å²) < 4.78 is 53.2. The van der Waals surface area contributed by atoms with Crippen LogP contribution < -0.4 is 9.62 Å². The van der Waals surface area contributed by atoms with Crippen molar-refractivity contribution in [3.8, 4) is 0 Å². The van der Waals surface area contributed by atoms with Gasteiger partial charge in [-0.3, -0.25) is 9.52 Å². The Kier molecular flexibility index (Phi) is 4.65. The zero-order valence-electron chi connectivity index (χ0n) is 12.4. The molecule has 0 saturated carbocycles. The van der Waals surface area contributed by atoms with E-state index >= 15 is 0 Å². The summed E-state index contributed by atoms with van der Waals surface area (Å²) in [4.78, 5) is 12.5. The first kappa shape index (κ1) is 16.9. The third-order valence-corrected chi connectivity index (χ3v) is 4.54. The van der Waals surface area contributed by atoms with Crippen LogP contribution in [-0.2, 0) is 14.8 Å². The van der Waals surface area contributed by atoms with Crippen LogP contribution in [0.3, 0.4) is 0 Å². The van der Waals surface area contributed by atoms with Crippen molar-refractivity contribution >= 4 is 27.3 Å². The number of nitrogens with zero attached hydrogens (tertiary/aromatic N) is 1. The predicted octanol–water partition coefficient (Wildman–Crippen LogP) is 2.75. The summed E-state index contributed by atoms with van der Waals surface area (Å²) in [6.07, 6.45) is 0. The summed E-state index contributed by atoms with van der Waals surface area (Å²) in [6.45, 7) is 1.29. The Morgan fingerprint density at radius 1 is 1.04 bits per heavy atom. The van der Waals surface area contributed by atoms with Gasteiger partial charge in [-0.25, -0.2) is 17.2 Å². The Balaban J connectivity index is 2.44. The summed E-state index contributed by atoms with van der Waals surface area (Å²) in [6, 6.07) is 7.56. The summed E-state index contributed by atoms with van der Waals surface area (Å²) in [5.74, 6) is -1.59. The van der Waals surface area contributed by atoms with Gasteiger partial charge in [0.1, 0.15) is 11.6 Å². The molecule has 0 unspecified atom stereocenters. The fourth-order valence-electron chi connectivity index (χ4n) is 1.87. The normalized spacial score (nSPS) is 11.1. The Bertz CT molecular complexity index is 836. The van der Waals surface area contributed by atoms with Crippen LogP contribution in [0.5, 0.6) is 0 Å². The fourth-order valence-corrected chi connectivity index (χ4v) is 2.93. The molecule has 0 radical (unpaired) electrons. The van der Waals surface area contributed by atoms with Crippen LogP contribution in [0.15, 0.2) is 47.4 Å². The van der Waals surface area contributed by atoms with Gasteiger partial charge in [0, 0.05) is 20.0 Å². The number of amides is 1. The number of hydrogen-bond donors (Lipinski definition) is 1. The molecule has 0 aliphatic carbocycles. The number of anilines is 2. The SMILES string of the molecule is CC(=O)N(C)c1ccc(F)cc1NS(=O)(=O)c1ccc(F)cc1. The lowest BCUT2D eigenvalue weighted by Crippen LogP contribution is -2.25. The fraction of sp³-hybridized carbons (Fsp3) is 0.133. The first-order valence-electron chi connectivity index (χ1n) is 6.53. The third-order valence-electron chi connectivity index (χ3n) is 3.16. The molecule has 2 aromatic rings. The van der Waals surface area contributed by atoms with Gasteiger partial charge in [0.15, 0.2) is 0 Å². The minimum Gasteiger partial charge on any atom is -0.314 e. The molecule has 0 aliphatic rings. The number of nitrogens with one attached hydrogen (secondary N) is 1. The van der Waals surface area contributed by atoms with Crippen LogP contribution in [-0.4, -0.2) is 21.4 Å². The molecule has 0 saturated heterocycles. The Labute approximate surface area is 132 Å². The van der Waals surface area contributed by atoms with Crippen LogP contribution in [0.2, 0.25) is 0 Å². The van der Waals surface area contributed by atoms with Crippen LogP contribution >= 0.6 is 0 Å². The second-order valence-corrected chi connectivity index (χ2v) is 6.48. The van der Waals surface area contributed by atoms with Crippen molar-refractivity contribution < 1.29 is 22.0 Å². The van der Waals surface area contributed by atoms with Crippen molar-refractivity contribution in [1.29, 1.82) is 0 Å². The lowest BCUT2D eigenvalue weighted by atomic mass is 10.2. The smallest absolute Gasteiger partial charge is 0.261 e. The van der Waals surface area contributed by atoms with Crippen molar-refractivity contribution in [2.75, 3.05) is 16.7 Å². The maximum Gasteiger partial charge on any atom is 0.261 e.